The maximum Gasteiger partial charge on any atom is 0.138 e. The smallest absolute Gasteiger partial charge is 0.138 e. The van der Waals surface area contributed by atoms with Gasteiger partial charge in [-0.3, -0.25) is 0 Å². The molecule has 0 aliphatic carbocycles. The molecule has 2 aromatic rings. The van der Waals surface area contributed by atoms with E-state index in [2.05, 4.69) is 15.9 Å². The second-order valence-electron chi connectivity index (χ2n) is 4.00. The van der Waals surface area contributed by atoms with Crippen LogP contribution in [0.5, 0.6) is 11.5 Å². The first-order valence-electron chi connectivity index (χ1n) is 5.83. The van der Waals surface area contributed by atoms with Gasteiger partial charge < -0.3 is 9.47 Å². The van der Waals surface area contributed by atoms with Crippen LogP contribution in [0.25, 0.3) is 0 Å². The summed E-state index contributed by atoms with van der Waals surface area (Å²) < 4.78 is 12.0. The Morgan fingerprint density at radius 3 is 2.68 bits per heavy atom. The lowest BCUT2D eigenvalue weighted by molar-refractivity contribution is 0.301. The van der Waals surface area contributed by atoms with E-state index in [1.165, 1.54) is 0 Å². The largest absolute Gasteiger partial charge is 0.497 e. The van der Waals surface area contributed by atoms with Gasteiger partial charge in [-0.15, -0.1) is 11.6 Å². The van der Waals surface area contributed by atoms with Gasteiger partial charge in [0.1, 0.15) is 18.1 Å². The van der Waals surface area contributed by atoms with Crippen LogP contribution in [0.15, 0.2) is 46.9 Å². The van der Waals surface area contributed by atoms with Gasteiger partial charge in [-0.1, -0.05) is 24.3 Å². The third-order valence-electron chi connectivity index (χ3n) is 2.71. The van der Waals surface area contributed by atoms with E-state index in [0.717, 1.165) is 27.1 Å². The number of methoxy groups -OCH3 is 1. The molecule has 4 heteroatoms. The van der Waals surface area contributed by atoms with Gasteiger partial charge in [0.15, 0.2) is 0 Å². The van der Waals surface area contributed by atoms with Gasteiger partial charge in [-0.05, 0) is 39.7 Å². The minimum Gasteiger partial charge on any atom is -0.497 e. The third-order valence-corrected chi connectivity index (χ3v) is 3.62. The molecule has 0 aliphatic rings. The number of para-hydroxylation sites is 1. The highest BCUT2D eigenvalue weighted by molar-refractivity contribution is 9.10. The lowest BCUT2D eigenvalue weighted by Crippen LogP contribution is -1.99. The minimum absolute atomic E-state index is 0.423. The Bertz CT molecular complexity index is 558. The topological polar surface area (TPSA) is 18.5 Å². The summed E-state index contributed by atoms with van der Waals surface area (Å²) >= 11 is 9.39. The molecule has 2 aromatic carbocycles. The molecule has 0 aliphatic heterocycles. The number of benzene rings is 2. The Morgan fingerprint density at radius 1 is 1.16 bits per heavy atom. The van der Waals surface area contributed by atoms with Gasteiger partial charge in [0.05, 0.1) is 17.5 Å². The van der Waals surface area contributed by atoms with E-state index in [4.69, 9.17) is 21.1 Å². The fourth-order valence-electron chi connectivity index (χ4n) is 1.74. The van der Waals surface area contributed by atoms with E-state index in [9.17, 15) is 0 Å². The highest BCUT2D eigenvalue weighted by Crippen LogP contribution is 2.31. The molecule has 0 atom stereocenters. The Hall–Kier alpha value is -1.19. The first-order chi connectivity index (χ1) is 9.24. The fourth-order valence-corrected chi connectivity index (χ4v) is 2.47. The van der Waals surface area contributed by atoms with Gasteiger partial charge in [0.2, 0.25) is 0 Å². The Kier molecular flexibility index (Phi) is 5.11. The second kappa shape index (κ2) is 6.83. The van der Waals surface area contributed by atoms with E-state index >= 15 is 0 Å². The van der Waals surface area contributed by atoms with E-state index in [-0.39, 0.29) is 0 Å². The van der Waals surface area contributed by atoms with E-state index in [1.807, 2.05) is 42.5 Å². The predicted molar refractivity (Wildman–Crippen MR) is 81.0 cm³/mol. The van der Waals surface area contributed by atoms with Crippen LogP contribution < -0.4 is 9.47 Å². The highest BCUT2D eigenvalue weighted by Gasteiger charge is 2.07. The number of alkyl halides is 1. The summed E-state index contributed by atoms with van der Waals surface area (Å²) in [5.74, 6) is 2.04. The van der Waals surface area contributed by atoms with Crippen molar-refractivity contribution < 1.29 is 9.47 Å². The molecule has 0 bridgehead atoms. The van der Waals surface area contributed by atoms with Crippen molar-refractivity contribution in [3.63, 3.8) is 0 Å². The third kappa shape index (κ3) is 3.64. The molecule has 0 unspecified atom stereocenters. The van der Waals surface area contributed by atoms with Crippen LogP contribution >= 0.6 is 27.5 Å². The maximum absolute atomic E-state index is 5.91. The molecule has 0 radical (unpaired) electrons. The molecule has 0 N–H and O–H groups in total. The van der Waals surface area contributed by atoms with Gasteiger partial charge in [-0.2, -0.15) is 0 Å². The summed E-state index contributed by atoms with van der Waals surface area (Å²) in [6.45, 7) is 0.476. The standard InChI is InChI=1S/C15H14BrClO2/c1-18-13-6-2-4-11(8-13)10-19-15-12(9-17)5-3-7-14(15)16/h2-8H,9-10H2,1H3. The van der Waals surface area contributed by atoms with E-state index < -0.39 is 0 Å². The molecule has 100 valence electrons. The van der Waals surface area contributed by atoms with Crippen molar-refractivity contribution in [2.45, 2.75) is 12.5 Å². The quantitative estimate of drug-likeness (QED) is 0.729. The van der Waals surface area contributed by atoms with Crippen molar-refractivity contribution in [1.29, 1.82) is 0 Å². The predicted octanol–water partition coefficient (Wildman–Crippen LogP) is 4.78. The van der Waals surface area contributed by atoms with Crippen LogP contribution in [-0.4, -0.2) is 7.11 Å². The average Bonchev–Trinajstić information content (AvgIpc) is 2.46. The van der Waals surface area contributed by atoms with Crippen molar-refractivity contribution in [3.8, 4) is 11.5 Å². The SMILES string of the molecule is COc1cccc(COc2c(Br)cccc2CCl)c1. The van der Waals surface area contributed by atoms with Crippen molar-refractivity contribution in [2.24, 2.45) is 0 Å². The molecule has 0 spiro atoms. The Morgan fingerprint density at radius 2 is 1.95 bits per heavy atom. The first-order valence-corrected chi connectivity index (χ1v) is 7.16. The molecule has 0 saturated heterocycles. The summed E-state index contributed by atoms with van der Waals surface area (Å²) in [6.07, 6.45) is 0. The molecule has 2 nitrogen and oxygen atoms in total. The van der Waals surface area contributed by atoms with Crippen molar-refractivity contribution in [3.05, 3.63) is 58.1 Å². The van der Waals surface area contributed by atoms with Gasteiger partial charge in [-0.25, -0.2) is 0 Å². The number of rotatable bonds is 5. The van der Waals surface area contributed by atoms with E-state index in [1.54, 1.807) is 7.11 Å². The molecule has 0 fully saturated rings. The van der Waals surface area contributed by atoms with Gasteiger partial charge >= 0.3 is 0 Å². The average molecular weight is 342 g/mol. The second-order valence-corrected chi connectivity index (χ2v) is 5.12. The number of halogens is 2. The van der Waals surface area contributed by atoms with Crippen LogP contribution in [0.2, 0.25) is 0 Å². The Balaban J connectivity index is 2.14. The fraction of sp³-hybridized carbons (Fsp3) is 0.200. The zero-order chi connectivity index (χ0) is 13.7. The molecule has 0 amide bonds. The van der Waals surface area contributed by atoms with Crippen LogP contribution in [0.4, 0.5) is 0 Å². The first kappa shape index (κ1) is 14.2. The zero-order valence-electron chi connectivity index (χ0n) is 10.5. The molecule has 0 aromatic heterocycles. The molecule has 0 saturated carbocycles. The summed E-state index contributed by atoms with van der Waals surface area (Å²) in [7, 11) is 1.65. The van der Waals surface area contributed by atoms with Crippen molar-refractivity contribution in [2.75, 3.05) is 7.11 Å². The zero-order valence-corrected chi connectivity index (χ0v) is 12.9. The van der Waals surface area contributed by atoms with Crippen LogP contribution in [0.3, 0.4) is 0 Å². The highest BCUT2D eigenvalue weighted by atomic mass is 79.9. The number of hydrogen-bond acceptors (Lipinski definition) is 2. The van der Waals surface area contributed by atoms with E-state index in [0.29, 0.717) is 12.5 Å². The molecule has 19 heavy (non-hydrogen) atoms. The van der Waals surface area contributed by atoms with Gasteiger partial charge in [0, 0.05) is 5.56 Å². The van der Waals surface area contributed by atoms with Crippen LogP contribution in [0, 0.1) is 0 Å². The summed E-state index contributed by atoms with van der Waals surface area (Å²) in [5, 5.41) is 0. The normalized spacial score (nSPS) is 10.3. The number of ether oxygens (including phenoxy) is 2. The summed E-state index contributed by atoms with van der Waals surface area (Å²) in [6, 6.07) is 13.7. The van der Waals surface area contributed by atoms with Crippen LogP contribution in [-0.2, 0) is 12.5 Å². The van der Waals surface area contributed by atoms with Crippen molar-refractivity contribution >= 4 is 27.5 Å². The summed E-state index contributed by atoms with van der Waals surface area (Å²) in [5.41, 5.74) is 2.02. The van der Waals surface area contributed by atoms with Crippen molar-refractivity contribution in [1.82, 2.24) is 0 Å². The molecule has 0 heterocycles. The van der Waals surface area contributed by atoms with Crippen LogP contribution in [0.1, 0.15) is 11.1 Å². The lowest BCUT2D eigenvalue weighted by atomic mass is 10.2. The molecule has 2 rings (SSSR count). The van der Waals surface area contributed by atoms with Gasteiger partial charge in [0.25, 0.3) is 0 Å². The maximum atomic E-state index is 5.91. The minimum atomic E-state index is 0.423. The number of hydrogen-bond donors (Lipinski definition) is 0. The molecular weight excluding hydrogens is 328 g/mol. The lowest BCUT2D eigenvalue weighted by Gasteiger charge is -2.12. The Labute approximate surface area is 126 Å². The monoisotopic (exact) mass is 340 g/mol. The summed E-state index contributed by atoms with van der Waals surface area (Å²) in [4.78, 5) is 0. The molecular formula is C15H14BrClO2.